The topological polar surface area (TPSA) is 98.6 Å². The lowest BCUT2D eigenvalue weighted by Crippen LogP contribution is -3.15. The minimum atomic E-state index is -0.122. The van der Waals surface area contributed by atoms with E-state index in [1.807, 2.05) is 36.5 Å². The van der Waals surface area contributed by atoms with Gasteiger partial charge in [-0.1, -0.05) is 17.7 Å². The van der Waals surface area contributed by atoms with Gasteiger partial charge in [-0.15, -0.1) is 0 Å². The summed E-state index contributed by atoms with van der Waals surface area (Å²) < 4.78 is 7.72. The molecule has 4 N–H and O–H groups in total. The van der Waals surface area contributed by atoms with E-state index in [4.69, 9.17) is 16.3 Å². The standard InChI is InChI=1S/C22H22ClN5O2.ClH.H2O/c23-16-3-1-4-17(15-16)27-11-9-26(10-12-27)13-14-30-20-7-6-18-21(25-20)28-8-2-5-19(28)22(29)24-18;;/h1-8,15H,9-14H2,(H,24,29);1H;1H2. The number of nitrogens with zero attached hydrogens (tertiary/aromatic N) is 3. The summed E-state index contributed by atoms with van der Waals surface area (Å²) in [6.45, 7) is 5.65. The smallest absolute Gasteiger partial charge is 0.272 e. The summed E-state index contributed by atoms with van der Waals surface area (Å²) in [6, 6.07) is 15.3. The Bertz CT molecular complexity index is 1250. The van der Waals surface area contributed by atoms with Gasteiger partial charge in [0, 0.05) is 23.0 Å². The number of aromatic amines is 1. The molecule has 0 bridgehead atoms. The van der Waals surface area contributed by atoms with Crippen LogP contribution in [0.15, 0.2) is 59.5 Å². The number of H-pyrrole nitrogens is 1. The number of anilines is 1. The van der Waals surface area contributed by atoms with Crippen molar-refractivity contribution in [2.75, 3.05) is 44.2 Å². The van der Waals surface area contributed by atoms with Crippen LogP contribution in [0, 0.1) is 0 Å². The van der Waals surface area contributed by atoms with E-state index in [0.29, 0.717) is 29.2 Å². The Balaban J connectivity index is 0.00000144. The number of nitrogens with one attached hydrogen (secondary N) is 2. The molecule has 0 unspecified atom stereocenters. The molecule has 3 aromatic heterocycles. The molecule has 0 saturated carbocycles. The van der Waals surface area contributed by atoms with Crippen LogP contribution < -0.4 is 32.5 Å². The molecule has 0 radical (unpaired) electrons. The maximum Gasteiger partial charge on any atom is 0.272 e. The second kappa shape index (κ2) is 10.2. The van der Waals surface area contributed by atoms with Gasteiger partial charge in [-0.2, -0.15) is 4.98 Å². The van der Waals surface area contributed by atoms with Gasteiger partial charge >= 0.3 is 0 Å². The Morgan fingerprint density at radius 2 is 1.94 bits per heavy atom. The van der Waals surface area contributed by atoms with Crippen molar-refractivity contribution in [1.29, 1.82) is 0 Å². The second-order valence-corrected chi connectivity index (χ2v) is 7.99. The predicted molar refractivity (Wildman–Crippen MR) is 122 cm³/mol. The van der Waals surface area contributed by atoms with Crippen LogP contribution >= 0.6 is 11.6 Å². The first-order valence-electron chi connectivity index (χ1n) is 10.1. The highest BCUT2D eigenvalue weighted by Crippen LogP contribution is 2.19. The molecule has 1 aromatic carbocycles. The number of fused-ring (bicyclic) bond motifs is 3. The number of pyridine rings is 1. The first-order chi connectivity index (χ1) is 14.7. The number of piperazine rings is 1. The lowest BCUT2D eigenvalue weighted by atomic mass is 10.2. The van der Waals surface area contributed by atoms with Crippen molar-refractivity contribution in [3.8, 4) is 5.88 Å². The molecule has 4 heterocycles. The summed E-state index contributed by atoms with van der Waals surface area (Å²) in [5, 5.41) is 0.778. The predicted octanol–water partition coefficient (Wildman–Crippen LogP) is -2.21. The SMILES string of the molecule is O.O=c1[nH]c2ccc(OCC[NH+]3CCN(c4cccc(Cl)c4)CC3)nc2n2cccc12.[Cl-]. The highest BCUT2D eigenvalue weighted by molar-refractivity contribution is 6.30. The van der Waals surface area contributed by atoms with Crippen LogP contribution in [-0.4, -0.2) is 59.2 Å². The highest BCUT2D eigenvalue weighted by Gasteiger charge is 2.20. The molecule has 5 rings (SSSR count). The number of hydrogen-bond acceptors (Lipinski definition) is 4. The molecule has 1 saturated heterocycles. The number of ether oxygens (including phenoxy) is 1. The molecule has 1 aliphatic rings. The van der Waals surface area contributed by atoms with Gasteiger partial charge in [0.1, 0.15) is 18.7 Å². The van der Waals surface area contributed by atoms with E-state index >= 15 is 0 Å². The van der Waals surface area contributed by atoms with Crippen molar-refractivity contribution in [3.63, 3.8) is 0 Å². The van der Waals surface area contributed by atoms with Gasteiger partial charge in [-0.3, -0.25) is 9.20 Å². The fourth-order valence-electron chi connectivity index (χ4n) is 4.03. The second-order valence-electron chi connectivity index (χ2n) is 7.55. The molecule has 10 heteroatoms. The van der Waals surface area contributed by atoms with Gasteiger partial charge in [0.15, 0.2) is 5.65 Å². The molecule has 0 amide bonds. The Labute approximate surface area is 196 Å². The lowest BCUT2D eigenvalue weighted by Gasteiger charge is -2.33. The molecule has 1 fully saturated rings. The first-order valence-corrected chi connectivity index (χ1v) is 10.5. The third-order valence-electron chi connectivity index (χ3n) is 5.66. The maximum absolute atomic E-state index is 12.1. The van der Waals surface area contributed by atoms with E-state index in [2.05, 4.69) is 20.9 Å². The van der Waals surface area contributed by atoms with E-state index in [1.165, 1.54) is 10.6 Å². The monoisotopic (exact) mass is 477 g/mol. The number of quaternary nitrogens is 1. The van der Waals surface area contributed by atoms with Crippen LogP contribution in [0.4, 0.5) is 5.69 Å². The molecule has 8 nitrogen and oxygen atoms in total. The minimum absolute atomic E-state index is 0. The van der Waals surface area contributed by atoms with Crippen LogP contribution in [0.5, 0.6) is 5.88 Å². The third-order valence-corrected chi connectivity index (χ3v) is 5.89. The van der Waals surface area contributed by atoms with E-state index in [0.717, 1.165) is 37.7 Å². The zero-order valence-corrected chi connectivity index (χ0v) is 18.9. The highest BCUT2D eigenvalue weighted by atomic mass is 35.5. The van der Waals surface area contributed by atoms with Crippen LogP contribution in [0.1, 0.15) is 0 Å². The molecule has 4 aromatic rings. The van der Waals surface area contributed by atoms with Gasteiger partial charge in [0.2, 0.25) is 5.88 Å². The van der Waals surface area contributed by atoms with Crippen molar-refractivity contribution >= 4 is 34.0 Å². The van der Waals surface area contributed by atoms with Crippen LogP contribution in [0.25, 0.3) is 16.7 Å². The zero-order chi connectivity index (χ0) is 20.5. The van der Waals surface area contributed by atoms with Gasteiger partial charge in [-0.05, 0) is 36.4 Å². The molecule has 170 valence electrons. The minimum Gasteiger partial charge on any atom is -1.00 e. The molecule has 0 spiro atoms. The summed E-state index contributed by atoms with van der Waals surface area (Å²) in [4.78, 5) is 23.4. The Morgan fingerprint density at radius 3 is 2.72 bits per heavy atom. The van der Waals surface area contributed by atoms with Crippen molar-refractivity contribution < 1.29 is 27.5 Å². The van der Waals surface area contributed by atoms with Crippen LogP contribution in [0.3, 0.4) is 0 Å². The molecular formula is C22H25Cl2N5O3. The van der Waals surface area contributed by atoms with Gasteiger partial charge in [0.05, 0.1) is 31.7 Å². The van der Waals surface area contributed by atoms with Crippen molar-refractivity contribution in [2.45, 2.75) is 0 Å². The fraction of sp³-hybridized carbons (Fsp3) is 0.273. The number of aromatic nitrogens is 3. The van der Waals surface area contributed by atoms with Gasteiger partial charge < -0.3 is 37.4 Å². The molecule has 32 heavy (non-hydrogen) atoms. The summed E-state index contributed by atoms with van der Waals surface area (Å²) in [5.74, 6) is 0.571. The summed E-state index contributed by atoms with van der Waals surface area (Å²) in [7, 11) is 0. The zero-order valence-electron chi connectivity index (χ0n) is 17.4. The van der Waals surface area contributed by atoms with Crippen molar-refractivity contribution in [1.82, 2.24) is 14.4 Å². The van der Waals surface area contributed by atoms with Gasteiger partial charge in [-0.25, -0.2) is 0 Å². The lowest BCUT2D eigenvalue weighted by molar-refractivity contribution is -0.900. The molecular weight excluding hydrogens is 453 g/mol. The van der Waals surface area contributed by atoms with E-state index in [-0.39, 0.29) is 23.4 Å². The van der Waals surface area contributed by atoms with E-state index in [9.17, 15) is 4.79 Å². The van der Waals surface area contributed by atoms with Gasteiger partial charge in [0.25, 0.3) is 5.56 Å². The average Bonchev–Trinajstić information content (AvgIpc) is 3.26. The average molecular weight is 478 g/mol. The number of halogens is 2. The summed E-state index contributed by atoms with van der Waals surface area (Å²) in [6.07, 6.45) is 1.84. The third kappa shape index (κ3) is 4.83. The largest absolute Gasteiger partial charge is 1.00 e. The van der Waals surface area contributed by atoms with E-state index < -0.39 is 0 Å². The molecule has 0 atom stereocenters. The maximum atomic E-state index is 12.1. The molecule has 0 aliphatic carbocycles. The Kier molecular flexibility index (Phi) is 7.63. The van der Waals surface area contributed by atoms with Crippen molar-refractivity contribution in [2.24, 2.45) is 0 Å². The fourth-order valence-corrected chi connectivity index (χ4v) is 4.22. The Hall–Kier alpha value is -2.78. The summed E-state index contributed by atoms with van der Waals surface area (Å²) in [5.41, 5.74) is 3.03. The molecule has 1 aliphatic heterocycles. The van der Waals surface area contributed by atoms with Crippen LogP contribution in [0.2, 0.25) is 5.02 Å². The normalized spacial score (nSPS) is 14.2. The van der Waals surface area contributed by atoms with Crippen LogP contribution in [-0.2, 0) is 0 Å². The quantitative estimate of drug-likeness (QED) is 0.340. The first kappa shape index (κ1) is 23.9. The van der Waals surface area contributed by atoms with E-state index in [1.54, 1.807) is 16.5 Å². The number of hydrogen-bond donors (Lipinski definition) is 2. The number of benzene rings is 1. The van der Waals surface area contributed by atoms with Crippen molar-refractivity contribution in [3.05, 3.63) is 70.1 Å². The Morgan fingerprint density at radius 1 is 1.12 bits per heavy atom. The summed E-state index contributed by atoms with van der Waals surface area (Å²) >= 11 is 6.12. The number of rotatable bonds is 5.